The van der Waals surface area contributed by atoms with Gasteiger partial charge < -0.3 is 15.0 Å². The molecular formula is C15H10F3N7O4. The first-order chi connectivity index (χ1) is 13.7. The lowest BCUT2D eigenvalue weighted by Gasteiger charge is -2.08. The van der Waals surface area contributed by atoms with Gasteiger partial charge in [0.1, 0.15) is 12.3 Å². The molecule has 2 amide bonds. The second-order valence-electron chi connectivity index (χ2n) is 5.29. The van der Waals surface area contributed by atoms with Gasteiger partial charge in [0, 0.05) is 11.8 Å². The second-order valence-corrected chi connectivity index (χ2v) is 5.29. The van der Waals surface area contributed by atoms with Crippen LogP contribution in [0.2, 0.25) is 0 Å². The van der Waals surface area contributed by atoms with Gasteiger partial charge in [0.05, 0.1) is 18.1 Å². The van der Waals surface area contributed by atoms with E-state index in [-0.39, 0.29) is 23.8 Å². The van der Waals surface area contributed by atoms with Crippen molar-refractivity contribution in [3.63, 3.8) is 0 Å². The zero-order valence-electron chi connectivity index (χ0n) is 14.2. The number of rotatable bonds is 5. The first kappa shape index (κ1) is 19.7. The van der Waals surface area contributed by atoms with Crippen LogP contribution in [0.25, 0.3) is 11.6 Å². The topological polar surface area (TPSA) is 159 Å². The molecule has 3 N–H and O–H groups in total. The summed E-state index contributed by atoms with van der Waals surface area (Å²) in [7, 11) is 0. The summed E-state index contributed by atoms with van der Waals surface area (Å²) in [5.74, 6) is -3.03. The van der Waals surface area contributed by atoms with Gasteiger partial charge in [-0.15, -0.1) is 0 Å². The van der Waals surface area contributed by atoms with Gasteiger partial charge in [-0.25, -0.2) is 14.8 Å². The van der Waals surface area contributed by atoms with E-state index >= 15 is 0 Å². The lowest BCUT2D eigenvalue weighted by Crippen LogP contribution is -2.18. The van der Waals surface area contributed by atoms with E-state index in [0.717, 1.165) is 12.4 Å². The van der Waals surface area contributed by atoms with Crippen molar-refractivity contribution >= 4 is 17.7 Å². The largest absolute Gasteiger partial charge is 0.471 e. The van der Waals surface area contributed by atoms with Gasteiger partial charge in [0.15, 0.2) is 0 Å². The third-order valence-corrected chi connectivity index (χ3v) is 3.25. The molecule has 0 fully saturated rings. The predicted octanol–water partition coefficient (Wildman–Crippen LogP) is 1.79. The third-order valence-electron chi connectivity index (χ3n) is 3.25. The maximum Gasteiger partial charge on any atom is 0.471 e. The highest BCUT2D eigenvalue weighted by molar-refractivity contribution is 5.92. The van der Waals surface area contributed by atoms with Crippen LogP contribution in [0.15, 0.2) is 35.2 Å². The van der Waals surface area contributed by atoms with Crippen LogP contribution in [-0.2, 0) is 17.5 Å². The Morgan fingerprint density at radius 1 is 1.17 bits per heavy atom. The lowest BCUT2D eigenvalue weighted by atomic mass is 10.2. The van der Waals surface area contributed by atoms with E-state index in [0.29, 0.717) is 5.56 Å². The normalized spacial score (nSPS) is 11.1. The Hall–Kier alpha value is -4.10. The second kappa shape index (κ2) is 7.87. The maximum atomic E-state index is 12.5. The summed E-state index contributed by atoms with van der Waals surface area (Å²) in [6, 6.07) is 3.05. The van der Waals surface area contributed by atoms with Gasteiger partial charge in [-0.2, -0.15) is 18.2 Å². The molecule has 0 aromatic carbocycles. The van der Waals surface area contributed by atoms with Crippen LogP contribution >= 0.6 is 0 Å². The molecule has 3 aromatic heterocycles. The van der Waals surface area contributed by atoms with Crippen molar-refractivity contribution in [3.05, 3.63) is 47.9 Å². The number of nitrogens with one attached hydrogen (secondary N) is 1. The van der Waals surface area contributed by atoms with E-state index in [1.807, 2.05) is 0 Å². The van der Waals surface area contributed by atoms with Gasteiger partial charge in [-0.05, 0) is 6.07 Å². The lowest BCUT2D eigenvalue weighted by molar-refractivity contribution is -0.159. The zero-order valence-corrected chi connectivity index (χ0v) is 14.2. The number of nitrogens with zero attached hydrogens (tertiary/aromatic N) is 5. The Labute approximate surface area is 159 Å². The molecule has 3 aromatic rings. The number of anilines is 1. The molecule has 0 radical (unpaired) electrons. The number of ether oxygens (including phenoxy) is 1. The van der Waals surface area contributed by atoms with Crippen molar-refractivity contribution in [1.82, 2.24) is 25.1 Å². The Bertz CT molecular complexity index is 1040. The molecular weight excluding hydrogens is 399 g/mol. The number of hydrogen-bond donors (Lipinski definition) is 2. The Balaban J connectivity index is 1.61. The summed E-state index contributed by atoms with van der Waals surface area (Å²) in [5.41, 5.74) is 5.53. The van der Waals surface area contributed by atoms with Gasteiger partial charge >= 0.3 is 18.2 Å². The molecule has 0 atom stereocenters. The Kier molecular flexibility index (Phi) is 5.34. The quantitative estimate of drug-likeness (QED) is 0.640. The SMILES string of the molecule is NC(=O)c1ncccc1COC(=O)Nc1cnc(-c2noc(C(F)(F)F)n2)nc1. The number of pyridine rings is 1. The van der Waals surface area contributed by atoms with E-state index in [9.17, 15) is 22.8 Å². The first-order valence-corrected chi connectivity index (χ1v) is 7.65. The number of halogens is 3. The van der Waals surface area contributed by atoms with Crippen molar-refractivity contribution in [2.24, 2.45) is 5.73 Å². The highest BCUT2D eigenvalue weighted by Crippen LogP contribution is 2.28. The summed E-state index contributed by atoms with van der Waals surface area (Å²) >= 11 is 0. The van der Waals surface area contributed by atoms with Crippen molar-refractivity contribution in [3.8, 4) is 11.6 Å². The van der Waals surface area contributed by atoms with Gasteiger partial charge in [0.2, 0.25) is 11.6 Å². The van der Waals surface area contributed by atoms with E-state index in [2.05, 4.69) is 34.9 Å². The molecule has 3 heterocycles. The average Bonchev–Trinajstić information content (AvgIpc) is 3.18. The fourth-order valence-corrected chi connectivity index (χ4v) is 2.01. The summed E-state index contributed by atoms with van der Waals surface area (Å²) in [4.78, 5) is 37.6. The number of nitrogens with two attached hydrogens (primary N) is 1. The molecule has 29 heavy (non-hydrogen) atoms. The summed E-state index contributed by atoms with van der Waals surface area (Å²) in [6.45, 7) is -0.278. The van der Waals surface area contributed by atoms with E-state index in [1.165, 1.54) is 18.3 Å². The third kappa shape index (κ3) is 4.79. The molecule has 14 heteroatoms. The Morgan fingerprint density at radius 3 is 2.52 bits per heavy atom. The predicted molar refractivity (Wildman–Crippen MR) is 86.9 cm³/mol. The van der Waals surface area contributed by atoms with Crippen molar-refractivity contribution in [1.29, 1.82) is 0 Å². The molecule has 0 spiro atoms. The van der Waals surface area contributed by atoms with Crippen LogP contribution in [-0.4, -0.2) is 37.1 Å². The highest BCUT2D eigenvalue weighted by atomic mass is 19.4. The maximum absolute atomic E-state index is 12.5. The van der Waals surface area contributed by atoms with Crippen LogP contribution < -0.4 is 11.1 Å². The number of carbonyl (C=O) groups is 2. The first-order valence-electron chi connectivity index (χ1n) is 7.65. The van der Waals surface area contributed by atoms with E-state index in [4.69, 9.17) is 10.5 Å². The van der Waals surface area contributed by atoms with Crippen molar-refractivity contribution in [2.75, 3.05) is 5.32 Å². The fourth-order valence-electron chi connectivity index (χ4n) is 2.01. The standard InChI is InChI=1S/C15H10F3N7O4/c16-15(17,18)13-24-12(25-29-13)11-21-4-8(5-22-11)23-14(27)28-6-7-2-1-3-20-9(7)10(19)26/h1-5H,6H2,(H2,19,26)(H,23,27). The van der Waals surface area contributed by atoms with Gasteiger partial charge in [-0.1, -0.05) is 11.2 Å². The minimum atomic E-state index is -4.79. The molecule has 11 nitrogen and oxygen atoms in total. The zero-order chi connectivity index (χ0) is 21.0. The molecule has 0 saturated carbocycles. The van der Waals surface area contributed by atoms with Crippen LogP contribution in [0.5, 0.6) is 0 Å². The van der Waals surface area contributed by atoms with E-state index in [1.54, 1.807) is 0 Å². The van der Waals surface area contributed by atoms with Crippen LogP contribution in [0.1, 0.15) is 21.9 Å². The fraction of sp³-hybridized carbons (Fsp3) is 0.133. The molecule has 3 rings (SSSR count). The summed E-state index contributed by atoms with van der Waals surface area (Å²) in [5, 5.41) is 5.44. The minimum absolute atomic E-state index is 0.0358. The molecule has 0 aliphatic rings. The average molecular weight is 409 g/mol. The molecule has 0 bridgehead atoms. The smallest absolute Gasteiger partial charge is 0.444 e. The van der Waals surface area contributed by atoms with Crippen LogP contribution in [0.3, 0.4) is 0 Å². The number of aromatic nitrogens is 5. The number of alkyl halides is 3. The van der Waals surface area contributed by atoms with Gasteiger partial charge in [-0.3, -0.25) is 15.1 Å². The Morgan fingerprint density at radius 2 is 1.90 bits per heavy atom. The number of carbonyl (C=O) groups excluding carboxylic acids is 2. The van der Waals surface area contributed by atoms with E-state index < -0.39 is 29.9 Å². The summed E-state index contributed by atoms with van der Waals surface area (Å²) < 4.78 is 46.4. The number of primary amides is 1. The van der Waals surface area contributed by atoms with Crippen LogP contribution in [0, 0.1) is 0 Å². The van der Waals surface area contributed by atoms with Crippen molar-refractivity contribution in [2.45, 2.75) is 12.8 Å². The number of hydrogen-bond acceptors (Lipinski definition) is 9. The van der Waals surface area contributed by atoms with Gasteiger partial charge in [0.25, 0.3) is 5.91 Å². The molecule has 0 aliphatic carbocycles. The monoisotopic (exact) mass is 409 g/mol. The van der Waals surface area contributed by atoms with Crippen molar-refractivity contribution < 1.29 is 32.0 Å². The highest BCUT2D eigenvalue weighted by Gasteiger charge is 2.38. The summed E-state index contributed by atoms with van der Waals surface area (Å²) in [6.07, 6.45) is -2.12. The molecule has 150 valence electrons. The number of amides is 2. The molecule has 0 aliphatic heterocycles. The van der Waals surface area contributed by atoms with Crippen LogP contribution in [0.4, 0.5) is 23.7 Å². The molecule has 0 saturated heterocycles. The molecule has 0 unspecified atom stereocenters. The minimum Gasteiger partial charge on any atom is -0.444 e.